The SMILES string of the molecule is COc1ccc(S(=O)(=O)CCCC(=O)N(CCn2cccn2)c2nc3ccc(F)cc3s2)cc1. The zero-order valence-corrected chi connectivity index (χ0v) is 20.1. The van der Waals surface area contributed by atoms with Crippen molar-refractivity contribution in [3.05, 3.63) is 66.7 Å². The molecule has 0 aliphatic rings. The fraction of sp³-hybridized carbons (Fsp3) is 0.261. The lowest BCUT2D eigenvalue weighted by Gasteiger charge is -2.20. The molecule has 2 aromatic carbocycles. The van der Waals surface area contributed by atoms with Gasteiger partial charge >= 0.3 is 0 Å². The molecule has 11 heteroatoms. The Morgan fingerprint density at radius 1 is 1.21 bits per heavy atom. The number of fused-ring (bicyclic) bond motifs is 1. The quantitative estimate of drug-likeness (QED) is 0.326. The Morgan fingerprint density at radius 3 is 2.71 bits per heavy atom. The van der Waals surface area contributed by atoms with Crippen LogP contribution in [0, 0.1) is 5.82 Å². The molecule has 0 aliphatic carbocycles. The molecule has 0 unspecified atom stereocenters. The average Bonchev–Trinajstić information content (AvgIpc) is 3.49. The number of thiazole rings is 1. The number of hydrogen-bond donors (Lipinski definition) is 0. The van der Waals surface area contributed by atoms with Crippen molar-refractivity contribution in [3.8, 4) is 5.75 Å². The van der Waals surface area contributed by atoms with E-state index in [0.29, 0.717) is 34.2 Å². The van der Waals surface area contributed by atoms with E-state index in [4.69, 9.17) is 4.74 Å². The summed E-state index contributed by atoms with van der Waals surface area (Å²) in [5.41, 5.74) is 0.598. The van der Waals surface area contributed by atoms with Crippen LogP contribution in [0.5, 0.6) is 5.75 Å². The molecule has 0 N–H and O–H groups in total. The van der Waals surface area contributed by atoms with Gasteiger partial charge in [-0.15, -0.1) is 0 Å². The van der Waals surface area contributed by atoms with Crippen LogP contribution in [-0.4, -0.2) is 48.5 Å². The molecule has 0 radical (unpaired) electrons. The van der Waals surface area contributed by atoms with Gasteiger partial charge in [-0.2, -0.15) is 5.10 Å². The number of halogens is 1. The van der Waals surface area contributed by atoms with Gasteiger partial charge in [0.2, 0.25) is 5.91 Å². The zero-order chi connectivity index (χ0) is 24.1. The molecule has 0 saturated heterocycles. The van der Waals surface area contributed by atoms with Crippen molar-refractivity contribution in [3.63, 3.8) is 0 Å². The Morgan fingerprint density at radius 2 is 2.00 bits per heavy atom. The number of hydrogen-bond acceptors (Lipinski definition) is 7. The molecule has 8 nitrogen and oxygen atoms in total. The number of ether oxygens (including phenoxy) is 1. The lowest BCUT2D eigenvalue weighted by atomic mass is 10.3. The fourth-order valence-corrected chi connectivity index (χ4v) is 5.76. The third-order valence-corrected chi connectivity index (χ3v) is 8.06. The van der Waals surface area contributed by atoms with Crippen LogP contribution < -0.4 is 9.64 Å². The first-order valence-corrected chi connectivity index (χ1v) is 13.0. The molecule has 0 aliphatic heterocycles. The van der Waals surface area contributed by atoms with Crippen LogP contribution in [0.4, 0.5) is 9.52 Å². The lowest BCUT2D eigenvalue weighted by molar-refractivity contribution is -0.118. The van der Waals surface area contributed by atoms with Gasteiger partial charge in [0, 0.05) is 25.4 Å². The van der Waals surface area contributed by atoms with E-state index < -0.39 is 9.84 Å². The number of benzene rings is 2. The lowest BCUT2D eigenvalue weighted by Crippen LogP contribution is -2.34. The average molecular weight is 503 g/mol. The van der Waals surface area contributed by atoms with Gasteiger partial charge in [-0.1, -0.05) is 11.3 Å². The van der Waals surface area contributed by atoms with Gasteiger partial charge in [-0.05, 0) is 55.0 Å². The third kappa shape index (κ3) is 5.60. The molecule has 4 aromatic rings. The van der Waals surface area contributed by atoms with Crippen LogP contribution in [0.3, 0.4) is 0 Å². The maximum atomic E-state index is 13.6. The number of carbonyl (C=O) groups excluding carboxylic acids is 1. The van der Waals surface area contributed by atoms with E-state index in [0.717, 1.165) is 0 Å². The maximum Gasteiger partial charge on any atom is 0.228 e. The smallest absolute Gasteiger partial charge is 0.228 e. The molecule has 1 amide bonds. The standard InChI is InChI=1S/C23H23FN4O4S2/c1-32-18-6-8-19(9-7-18)34(30,31)15-2-4-22(29)28(14-13-27-12-3-11-25-27)23-26-20-10-5-17(24)16-21(20)33-23/h3,5-12,16H,2,4,13-15H2,1H3. The second-order valence-electron chi connectivity index (χ2n) is 7.52. The molecular weight excluding hydrogens is 479 g/mol. The second kappa shape index (κ2) is 10.3. The van der Waals surface area contributed by atoms with E-state index in [1.165, 1.54) is 47.6 Å². The first kappa shape index (κ1) is 23.8. The van der Waals surface area contributed by atoms with Gasteiger partial charge in [-0.25, -0.2) is 17.8 Å². The Kier molecular flexibility index (Phi) is 7.23. The number of nitrogens with zero attached hydrogens (tertiary/aromatic N) is 4. The summed E-state index contributed by atoms with van der Waals surface area (Å²) in [4.78, 5) is 19.3. The van der Waals surface area contributed by atoms with E-state index in [1.54, 1.807) is 41.3 Å². The Hall–Kier alpha value is -3.31. The van der Waals surface area contributed by atoms with Crippen LogP contribution >= 0.6 is 11.3 Å². The number of carbonyl (C=O) groups is 1. The summed E-state index contributed by atoms with van der Waals surface area (Å²) in [6, 6.07) is 12.2. The molecule has 34 heavy (non-hydrogen) atoms. The van der Waals surface area contributed by atoms with Crippen LogP contribution in [0.1, 0.15) is 12.8 Å². The highest BCUT2D eigenvalue weighted by atomic mass is 32.2. The Balaban J connectivity index is 1.46. The largest absolute Gasteiger partial charge is 0.497 e. The summed E-state index contributed by atoms with van der Waals surface area (Å²) in [6.45, 7) is 0.737. The van der Waals surface area contributed by atoms with Crippen LogP contribution in [0.25, 0.3) is 10.2 Å². The Labute approximate surface area is 200 Å². The molecule has 0 bridgehead atoms. The number of anilines is 1. The molecule has 0 atom stereocenters. The highest BCUT2D eigenvalue weighted by Crippen LogP contribution is 2.30. The number of amides is 1. The van der Waals surface area contributed by atoms with E-state index in [-0.39, 0.29) is 35.2 Å². The number of rotatable bonds is 10. The summed E-state index contributed by atoms with van der Waals surface area (Å²) in [5, 5.41) is 4.60. The van der Waals surface area contributed by atoms with E-state index in [1.807, 2.05) is 0 Å². The molecule has 2 heterocycles. The van der Waals surface area contributed by atoms with Gasteiger partial charge < -0.3 is 4.74 Å². The van der Waals surface area contributed by atoms with Gasteiger partial charge in [-0.3, -0.25) is 14.4 Å². The fourth-order valence-electron chi connectivity index (χ4n) is 3.41. The van der Waals surface area contributed by atoms with Crippen molar-refractivity contribution in [2.24, 2.45) is 0 Å². The number of aromatic nitrogens is 3. The number of methoxy groups -OCH3 is 1. The zero-order valence-electron chi connectivity index (χ0n) is 18.4. The topological polar surface area (TPSA) is 94.4 Å². The van der Waals surface area contributed by atoms with Crippen LogP contribution in [0.2, 0.25) is 0 Å². The first-order valence-electron chi connectivity index (χ1n) is 10.6. The molecule has 178 valence electrons. The van der Waals surface area contributed by atoms with E-state index >= 15 is 0 Å². The first-order chi connectivity index (χ1) is 16.4. The molecule has 0 fully saturated rings. The van der Waals surface area contributed by atoms with Gasteiger partial charge in [0.15, 0.2) is 15.0 Å². The van der Waals surface area contributed by atoms with Crippen molar-refractivity contribution >= 4 is 42.4 Å². The molecule has 0 spiro atoms. The summed E-state index contributed by atoms with van der Waals surface area (Å²) < 4.78 is 46.3. The van der Waals surface area contributed by atoms with E-state index in [9.17, 15) is 17.6 Å². The van der Waals surface area contributed by atoms with Crippen LogP contribution in [0.15, 0.2) is 65.8 Å². The maximum absolute atomic E-state index is 13.6. The third-order valence-electron chi connectivity index (χ3n) is 5.21. The van der Waals surface area contributed by atoms with Crippen molar-refractivity contribution in [2.45, 2.75) is 24.3 Å². The van der Waals surface area contributed by atoms with Gasteiger partial charge in [0.05, 0.1) is 34.5 Å². The predicted molar refractivity (Wildman–Crippen MR) is 128 cm³/mol. The summed E-state index contributed by atoms with van der Waals surface area (Å²) in [6.07, 6.45) is 3.62. The summed E-state index contributed by atoms with van der Waals surface area (Å²) in [5.74, 6) is -0.224. The minimum absolute atomic E-state index is 0.0266. The normalized spacial score (nSPS) is 11.6. The molecular formula is C23H23FN4O4S2. The molecule has 0 saturated carbocycles. The minimum Gasteiger partial charge on any atom is -0.497 e. The molecule has 4 rings (SSSR count). The second-order valence-corrected chi connectivity index (χ2v) is 10.6. The van der Waals surface area contributed by atoms with Crippen molar-refractivity contribution in [2.75, 3.05) is 24.3 Å². The highest BCUT2D eigenvalue weighted by Gasteiger charge is 2.22. The van der Waals surface area contributed by atoms with Gasteiger partial charge in [0.1, 0.15) is 11.6 Å². The van der Waals surface area contributed by atoms with Gasteiger partial charge in [0.25, 0.3) is 0 Å². The number of sulfone groups is 1. The van der Waals surface area contributed by atoms with Crippen LogP contribution in [-0.2, 0) is 21.2 Å². The van der Waals surface area contributed by atoms with Crippen molar-refractivity contribution < 1.29 is 22.3 Å². The monoisotopic (exact) mass is 502 g/mol. The van der Waals surface area contributed by atoms with E-state index in [2.05, 4.69) is 10.1 Å². The predicted octanol–water partition coefficient (Wildman–Crippen LogP) is 3.93. The van der Waals surface area contributed by atoms with Crippen molar-refractivity contribution in [1.29, 1.82) is 0 Å². The highest BCUT2D eigenvalue weighted by molar-refractivity contribution is 7.91. The summed E-state index contributed by atoms with van der Waals surface area (Å²) in [7, 11) is -2.03. The minimum atomic E-state index is -3.54. The Bertz CT molecular complexity index is 1370. The van der Waals surface area contributed by atoms with Crippen molar-refractivity contribution in [1.82, 2.24) is 14.8 Å². The molecule has 2 aromatic heterocycles. The summed E-state index contributed by atoms with van der Waals surface area (Å²) >= 11 is 1.22.